The molecule has 0 aliphatic carbocycles. The van der Waals surface area contributed by atoms with E-state index in [4.69, 9.17) is 9.84 Å². The fourth-order valence-electron chi connectivity index (χ4n) is 5.08. The van der Waals surface area contributed by atoms with Crippen LogP contribution in [0.15, 0.2) is 58.1 Å². The summed E-state index contributed by atoms with van der Waals surface area (Å²) in [4.78, 5) is 27.7. The first-order valence-electron chi connectivity index (χ1n) is 12.7. The minimum Gasteiger partial charge on any atom is -0.507 e. The highest BCUT2D eigenvalue weighted by Crippen LogP contribution is 2.41. The Morgan fingerprint density at radius 2 is 1.82 bits per heavy atom. The average Bonchev–Trinajstić information content (AvgIpc) is 3.12. The molecule has 1 atom stereocenters. The Morgan fingerprint density at radius 3 is 2.47 bits per heavy atom. The summed E-state index contributed by atoms with van der Waals surface area (Å²) in [5.41, 5.74) is 3.65. The van der Waals surface area contributed by atoms with Gasteiger partial charge in [-0.1, -0.05) is 30.3 Å². The van der Waals surface area contributed by atoms with E-state index in [-0.39, 0.29) is 41.9 Å². The lowest BCUT2D eigenvalue weighted by Gasteiger charge is -2.31. The van der Waals surface area contributed by atoms with Crippen molar-refractivity contribution < 1.29 is 29.6 Å². The van der Waals surface area contributed by atoms with Crippen LogP contribution < -0.4 is 0 Å². The number of nitrogens with zero attached hydrogens (tertiary/aromatic N) is 4. The number of carbonyl (C=O) groups is 2. The molecular weight excluding hydrogens is 488 g/mol. The number of para-hydroxylation sites is 1. The maximum absolute atomic E-state index is 13.3. The third kappa shape index (κ3) is 5.71. The number of hydrogen-bond donors (Lipinski definition) is 3. The predicted molar refractivity (Wildman–Crippen MR) is 141 cm³/mol. The Balaban J connectivity index is 1.59. The molecule has 3 N–H and O–H groups in total. The van der Waals surface area contributed by atoms with Gasteiger partial charge in [-0.3, -0.25) is 14.5 Å². The van der Waals surface area contributed by atoms with Crippen molar-refractivity contribution in [3.63, 3.8) is 0 Å². The van der Waals surface area contributed by atoms with Crippen LogP contribution in [0.4, 0.5) is 5.69 Å². The number of piperidine rings is 1. The molecule has 0 saturated carbocycles. The molecule has 1 saturated heterocycles. The summed E-state index contributed by atoms with van der Waals surface area (Å²) in [6.07, 6.45) is 1.41. The molecule has 2 heterocycles. The largest absolute Gasteiger partial charge is 0.507 e. The number of hydrogen-bond acceptors (Lipinski definition) is 8. The highest BCUT2D eigenvalue weighted by atomic mass is 16.5. The van der Waals surface area contributed by atoms with Gasteiger partial charge in [-0.25, -0.2) is 0 Å². The topological polar surface area (TPSA) is 135 Å². The number of carboxylic acids is 1. The van der Waals surface area contributed by atoms with E-state index in [1.807, 2.05) is 43.0 Å². The first-order valence-corrected chi connectivity index (χ1v) is 12.7. The predicted octanol–water partition coefficient (Wildman–Crippen LogP) is 4.36. The molecule has 10 nitrogen and oxygen atoms in total. The van der Waals surface area contributed by atoms with E-state index < -0.39 is 17.9 Å². The highest BCUT2D eigenvalue weighted by molar-refractivity contribution is 5.97. The molecule has 1 amide bonds. The maximum atomic E-state index is 13.3. The van der Waals surface area contributed by atoms with Gasteiger partial charge >= 0.3 is 5.97 Å². The molecule has 0 spiro atoms. The lowest BCUT2D eigenvalue weighted by Crippen LogP contribution is -2.36. The van der Waals surface area contributed by atoms with Gasteiger partial charge in [0.05, 0.1) is 13.2 Å². The molecule has 0 aromatic heterocycles. The number of aliphatic hydroxyl groups is 1. The number of benzene rings is 2. The maximum Gasteiger partial charge on any atom is 0.317 e. The van der Waals surface area contributed by atoms with Gasteiger partial charge in [0.15, 0.2) is 11.5 Å². The van der Waals surface area contributed by atoms with Crippen LogP contribution in [-0.4, -0.2) is 76.9 Å². The van der Waals surface area contributed by atoms with E-state index in [2.05, 4.69) is 10.2 Å². The zero-order valence-electron chi connectivity index (χ0n) is 21.9. The molecule has 10 heteroatoms. The molecule has 38 heavy (non-hydrogen) atoms. The van der Waals surface area contributed by atoms with Gasteiger partial charge in [-0.05, 0) is 74.0 Å². The third-order valence-corrected chi connectivity index (χ3v) is 7.35. The summed E-state index contributed by atoms with van der Waals surface area (Å²) < 4.78 is 5.18. The second-order valence-corrected chi connectivity index (χ2v) is 9.83. The van der Waals surface area contributed by atoms with Crippen molar-refractivity contribution in [2.75, 3.05) is 39.9 Å². The zero-order valence-corrected chi connectivity index (χ0v) is 21.9. The van der Waals surface area contributed by atoms with Gasteiger partial charge in [0.1, 0.15) is 17.5 Å². The molecule has 0 radical (unpaired) electrons. The Hall–Kier alpha value is -3.76. The highest BCUT2D eigenvalue weighted by Gasteiger charge is 2.41. The number of amides is 1. The van der Waals surface area contributed by atoms with E-state index in [9.17, 15) is 19.8 Å². The van der Waals surface area contributed by atoms with Gasteiger partial charge in [0, 0.05) is 13.7 Å². The van der Waals surface area contributed by atoms with Gasteiger partial charge in [0.25, 0.3) is 5.91 Å². The van der Waals surface area contributed by atoms with Crippen LogP contribution in [-0.2, 0) is 14.3 Å². The number of ether oxygens (including phenoxy) is 1. The van der Waals surface area contributed by atoms with E-state index in [1.165, 1.54) is 4.90 Å². The molecule has 2 aromatic rings. The van der Waals surface area contributed by atoms with E-state index in [1.54, 1.807) is 19.2 Å². The monoisotopic (exact) mass is 522 g/mol. The number of aliphatic carboxylic acids is 1. The molecule has 202 valence electrons. The average molecular weight is 523 g/mol. The Bertz CT molecular complexity index is 1270. The van der Waals surface area contributed by atoms with Crippen molar-refractivity contribution in [2.45, 2.75) is 38.6 Å². The molecule has 2 aliphatic rings. The van der Waals surface area contributed by atoms with Gasteiger partial charge < -0.3 is 25.0 Å². The Kier molecular flexibility index (Phi) is 8.43. The number of likely N-dealkylation sites (tertiary alicyclic amines) is 1. The third-order valence-electron chi connectivity index (χ3n) is 7.35. The number of aryl methyl sites for hydroxylation is 2. The number of methoxy groups -OCH3 is 1. The summed E-state index contributed by atoms with van der Waals surface area (Å²) in [5, 5.41) is 39.4. The van der Waals surface area contributed by atoms with E-state index in [0.717, 1.165) is 16.7 Å². The molecular formula is C28H34N4O6. The summed E-state index contributed by atoms with van der Waals surface area (Å²) >= 11 is 0. The van der Waals surface area contributed by atoms with Crippen LogP contribution in [0, 0.1) is 13.8 Å². The molecule has 2 aromatic carbocycles. The van der Waals surface area contributed by atoms with Crippen molar-refractivity contribution in [1.29, 1.82) is 0 Å². The number of aliphatic hydroxyl groups excluding tert-OH is 1. The smallest absolute Gasteiger partial charge is 0.317 e. The standard InChI is InChI=1S/C28H34N4O6/c1-17-7-8-20(15-18(17)2)25-27(36)24(28(37)32(25)13-14-38-3)30-29-22-6-4-5-21(26(22)35)19-9-11-31(12-10-19)16-23(33)34/h4-8,15,19,25,35-36H,9-14,16H2,1-3H3,(H,33,34). The quantitative estimate of drug-likeness (QED) is 0.417. The van der Waals surface area contributed by atoms with Crippen LogP contribution >= 0.6 is 0 Å². The summed E-state index contributed by atoms with van der Waals surface area (Å²) in [6.45, 7) is 5.77. The number of phenols is 1. The lowest BCUT2D eigenvalue weighted by molar-refractivity contribution is -0.138. The van der Waals surface area contributed by atoms with Crippen LogP contribution in [0.1, 0.15) is 47.1 Å². The number of rotatable bonds is 9. The Labute approximate surface area is 221 Å². The molecule has 2 aliphatic heterocycles. The molecule has 4 rings (SSSR count). The van der Waals surface area contributed by atoms with Crippen molar-refractivity contribution >= 4 is 17.6 Å². The van der Waals surface area contributed by atoms with Crippen molar-refractivity contribution in [1.82, 2.24) is 9.80 Å². The first kappa shape index (κ1) is 27.3. The van der Waals surface area contributed by atoms with Gasteiger partial charge in [-0.2, -0.15) is 0 Å². The van der Waals surface area contributed by atoms with Crippen LogP contribution in [0.5, 0.6) is 5.75 Å². The van der Waals surface area contributed by atoms with Crippen molar-refractivity contribution in [2.24, 2.45) is 10.2 Å². The number of aromatic hydroxyl groups is 1. The van der Waals surface area contributed by atoms with Crippen LogP contribution in [0.25, 0.3) is 0 Å². The number of azo groups is 1. The van der Waals surface area contributed by atoms with Gasteiger partial charge in [-0.15, -0.1) is 10.2 Å². The first-order chi connectivity index (χ1) is 18.2. The van der Waals surface area contributed by atoms with E-state index >= 15 is 0 Å². The van der Waals surface area contributed by atoms with Gasteiger partial charge in [0.2, 0.25) is 0 Å². The minimum absolute atomic E-state index is 0.00411. The van der Waals surface area contributed by atoms with Crippen molar-refractivity contribution in [3.8, 4) is 5.75 Å². The number of carbonyl (C=O) groups excluding carboxylic acids is 1. The normalized spacial score (nSPS) is 19.2. The number of carboxylic acid groups (broad SMARTS) is 1. The SMILES string of the molecule is COCCN1C(=O)C(N=Nc2cccc(C3CCN(CC(=O)O)CC3)c2O)=C(O)C1c1ccc(C)c(C)c1. The summed E-state index contributed by atoms with van der Waals surface area (Å²) in [5.74, 6) is -1.49. The Morgan fingerprint density at radius 1 is 1.08 bits per heavy atom. The molecule has 0 bridgehead atoms. The fraction of sp³-hybridized carbons (Fsp3) is 0.429. The molecule has 1 unspecified atom stereocenters. The van der Waals surface area contributed by atoms with Crippen molar-refractivity contribution in [3.05, 3.63) is 70.1 Å². The number of phenolic OH excluding ortho intramolecular Hbond substituents is 1. The second-order valence-electron chi connectivity index (χ2n) is 9.83. The fourth-order valence-corrected chi connectivity index (χ4v) is 5.08. The second kappa shape index (κ2) is 11.7. The van der Waals surface area contributed by atoms with E-state index in [0.29, 0.717) is 38.1 Å². The summed E-state index contributed by atoms with van der Waals surface area (Å²) in [7, 11) is 1.55. The zero-order chi connectivity index (χ0) is 27.4. The van der Waals surface area contributed by atoms with Crippen LogP contribution in [0.3, 0.4) is 0 Å². The van der Waals surface area contributed by atoms with Crippen LogP contribution in [0.2, 0.25) is 0 Å². The molecule has 1 fully saturated rings. The lowest BCUT2D eigenvalue weighted by atomic mass is 9.88. The summed E-state index contributed by atoms with van der Waals surface area (Å²) in [6, 6.07) is 10.3. The minimum atomic E-state index is -0.853.